The number of carbonyl (C=O) groups is 3. The maximum atomic E-state index is 12.9. The highest BCUT2D eigenvalue weighted by Gasteiger charge is 2.39. The molecule has 6 heteroatoms. The molecule has 3 amide bonds. The quantitative estimate of drug-likeness (QED) is 0.273. The second-order valence-corrected chi connectivity index (χ2v) is 10.7. The lowest BCUT2D eigenvalue weighted by Gasteiger charge is -2.29. The first-order valence-electron chi connectivity index (χ1n) is 12.5. The summed E-state index contributed by atoms with van der Waals surface area (Å²) in [4.78, 5) is 39.4. The Balaban J connectivity index is 1.17. The summed E-state index contributed by atoms with van der Waals surface area (Å²) in [6.07, 6.45) is 15.9. The van der Waals surface area contributed by atoms with Gasteiger partial charge >= 0.3 is 0 Å². The topological polar surface area (TPSA) is 66.5 Å². The minimum atomic E-state index is -0.542. The van der Waals surface area contributed by atoms with Gasteiger partial charge in [0.2, 0.25) is 11.8 Å². The predicted molar refractivity (Wildman–Crippen MR) is 127 cm³/mol. The summed E-state index contributed by atoms with van der Waals surface area (Å²) < 4.78 is 0. The van der Waals surface area contributed by atoms with Crippen LogP contribution < -0.4 is 5.32 Å². The molecule has 0 radical (unpaired) electrons. The van der Waals surface area contributed by atoms with Crippen LogP contribution in [0.25, 0.3) is 0 Å². The SMILES string of the molecule is O=C1CCC(N2Cc3c(SCCCCCCCCC4CCCC4)cccc3C2=O)C(=O)N1. The number of carbonyl (C=O) groups excluding carboxylic acids is 3. The molecular formula is C26H36N2O3S. The Bertz CT molecular complexity index is 834. The fourth-order valence-electron chi connectivity index (χ4n) is 5.42. The van der Waals surface area contributed by atoms with Crippen LogP contribution in [0.15, 0.2) is 23.1 Å². The van der Waals surface area contributed by atoms with E-state index in [0.29, 0.717) is 24.9 Å². The van der Waals surface area contributed by atoms with E-state index < -0.39 is 6.04 Å². The largest absolute Gasteiger partial charge is 0.322 e. The van der Waals surface area contributed by atoms with Crippen LogP contribution in [0.4, 0.5) is 0 Å². The number of nitrogens with zero attached hydrogens (tertiary/aromatic N) is 1. The van der Waals surface area contributed by atoms with Gasteiger partial charge in [0.15, 0.2) is 0 Å². The lowest BCUT2D eigenvalue weighted by atomic mass is 9.99. The van der Waals surface area contributed by atoms with Crippen molar-refractivity contribution in [3.05, 3.63) is 29.3 Å². The van der Waals surface area contributed by atoms with Crippen LogP contribution in [-0.2, 0) is 16.1 Å². The Labute approximate surface area is 196 Å². The third-order valence-electron chi connectivity index (χ3n) is 7.28. The molecule has 0 aromatic heterocycles. The Morgan fingerprint density at radius 3 is 2.47 bits per heavy atom. The second kappa shape index (κ2) is 11.4. The minimum absolute atomic E-state index is 0.0884. The summed E-state index contributed by atoms with van der Waals surface area (Å²) in [5.41, 5.74) is 1.75. The predicted octanol–water partition coefficient (Wildman–Crippen LogP) is 5.46. The first kappa shape index (κ1) is 23.3. The Morgan fingerprint density at radius 2 is 1.69 bits per heavy atom. The van der Waals surface area contributed by atoms with Gasteiger partial charge in [-0.25, -0.2) is 0 Å². The van der Waals surface area contributed by atoms with Gasteiger partial charge in [0.05, 0.1) is 0 Å². The van der Waals surface area contributed by atoms with Crippen molar-refractivity contribution in [1.29, 1.82) is 0 Å². The van der Waals surface area contributed by atoms with Gasteiger partial charge in [0.1, 0.15) is 6.04 Å². The molecule has 5 nitrogen and oxygen atoms in total. The average molecular weight is 457 g/mol. The van der Waals surface area contributed by atoms with Gasteiger partial charge in [-0.15, -0.1) is 11.8 Å². The normalized spacial score (nSPS) is 21.3. The van der Waals surface area contributed by atoms with Gasteiger partial charge < -0.3 is 4.90 Å². The molecule has 2 aliphatic heterocycles. The van der Waals surface area contributed by atoms with Crippen molar-refractivity contribution < 1.29 is 14.4 Å². The summed E-state index contributed by atoms with van der Waals surface area (Å²) in [6, 6.07) is 5.35. The number of unbranched alkanes of at least 4 members (excludes halogenated alkanes) is 5. The average Bonchev–Trinajstić information content (AvgIpc) is 3.41. The first-order chi connectivity index (χ1) is 15.6. The van der Waals surface area contributed by atoms with Crippen molar-refractivity contribution in [1.82, 2.24) is 10.2 Å². The Morgan fingerprint density at radius 1 is 0.938 bits per heavy atom. The molecule has 0 spiro atoms. The van der Waals surface area contributed by atoms with Gasteiger partial charge in [0, 0.05) is 23.4 Å². The molecule has 1 aliphatic carbocycles. The molecule has 4 rings (SSSR count). The van der Waals surface area contributed by atoms with Crippen LogP contribution in [0.2, 0.25) is 0 Å². The monoisotopic (exact) mass is 456 g/mol. The number of benzene rings is 1. The molecule has 0 bridgehead atoms. The molecule has 1 aromatic carbocycles. The van der Waals surface area contributed by atoms with E-state index in [1.807, 2.05) is 23.9 Å². The zero-order chi connectivity index (χ0) is 22.3. The number of imide groups is 1. The molecular weight excluding hydrogens is 420 g/mol. The zero-order valence-corrected chi connectivity index (χ0v) is 19.9. The molecule has 174 valence electrons. The van der Waals surface area contributed by atoms with E-state index in [4.69, 9.17) is 0 Å². The number of rotatable bonds is 11. The molecule has 1 saturated carbocycles. The van der Waals surface area contributed by atoms with Crippen LogP contribution in [0.1, 0.15) is 99.4 Å². The molecule has 32 heavy (non-hydrogen) atoms. The Kier molecular flexibility index (Phi) is 8.28. The van der Waals surface area contributed by atoms with Gasteiger partial charge in [-0.05, 0) is 42.2 Å². The smallest absolute Gasteiger partial charge is 0.255 e. The van der Waals surface area contributed by atoms with Crippen LogP contribution in [0, 0.1) is 5.92 Å². The van der Waals surface area contributed by atoms with Gasteiger partial charge in [0.25, 0.3) is 5.91 Å². The van der Waals surface area contributed by atoms with Crippen LogP contribution in [0.5, 0.6) is 0 Å². The third-order valence-corrected chi connectivity index (χ3v) is 8.46. The molecule has 1 atom stereocenters. The molecule has 1 saturated heterocycles. The van der Waals surface area contributed by atoms with Crippen molar-refractivity contribution in [2.45, 2.75) is 101 Å². The van der Waals surface area contributed by atoms with Gasteiger partial charge in [-0.3, -0.25) is 19.7 Å². The van der Waals surface area contributed by atoms with E-state index >= 15 is 0 Å². The molecule has 1 aromatic rings. The van der Waals surface area contributed by atoms with Crippen molar-refractivity contribution >= 4 is 29.5 Å². The van der Waals surface area contributed by atoms with Crippen molar-refractivity contribution in [2.24, 2.45) is 5.92 Å². The molecule has 3 aliphatic rings. The summed E-state index contributed by atoms with van der Waals surface area (Å²) in [6.45, 7) is 0.463. The number of fused-ring (bicyclic) bond motifs is 1. The van der Waals surface area contributed by atoms with E-state index in [-0.39, 0.29) is 17.7 Å². The number of nitrogens with one attached hydrogen (secondary N) is 1. The maximum Gasteiger partial charge on any atom is 0.255 e. The van der Waals surface area contributed by atoms with E-state index in [0.717, 1.165) is 22.1 Å². The lowest BCUT2D eigenvalue weighted by molar-refractivity contribution is -0.136. The summed E-state index contributed by atoms with van der Waals surface area (Å²) in [5, 5.41) is 2.37. The zero-order valence-electron chi connectivity index (χ0n) is 19.1. The fourth-order valence-corrected chi connectivity index (χ4v) is 6.51. The van der Waals surface area contributed by atoms with E-state index in [2.05, 4.69) is 11.4 Å². The lowest BCUT2D eigenvalue weighted by Crippen LogP contribution is -2.52. The van der Waals surface area contributed by atoms with Crippen molar-refractivity contribution in [3.8, 4) is 0 Å². The summed E-state index contributed by atoms with van der Waals surface area (Å²) in [7, 11) is 0. The number of thioether (sulfide) groups is 1. The van der Waals surface area contributed by atoms with Crippen molar-refractivity contribution in [2.75, 3.05) is 5.75 Å². The highest BCUT2D eigenvalue weighted by molar-refractivity contribution is 7.99. The van der Waals surface area contributed by atoms with Gasteiger partial charge in [-0.1, -0.05) is 70.3 Å². The number of amides is 3. The third kappa shape index (κ3) is 5.75. The fraction of sp³-hybridized carbons (Fsp3) is 0.654. The number of hydrogen-bond acceptors (Lipinski definition) is 4. The summed E-state index contributed by atoms with van der Waals surface area (Å²) in [5.74, 6) is 1.40. The van der Waals surface area contributed by atoms with E-state index in [9.17, 15) is 14.4 Å². The maximum absolute atomic E-state index is 12.9. The Hall–Kier alpha value is -1.82. The van der Waals surface area contributed by atoms with Crippen LogP contribution in [0.3, 0.4) is 0 Å². The second-order valence-electron chi connectivity index (χ2n) is 9.59. The van der Waals surface area contributed by atoms with E-state index in [1.165, 1.54) is 70.6 Å². The molecule has 1 unspecified atom stereocenters. The van der Waals surface area contributed by atoms with E-state index in [1.54, 1.807) is 4.90 Å². The molecule has 1 N–H and O–H groups in total. The van der Waals surface area contributed by atoms with Crippen LogP contribution in [-0.4, -0.2) is 34.4 Å². The number of hydrogen-bond donors (Lipinski definition) is 1. The molecule has 2 fully saturated rings. The first-order valence-corrected chi connectivity index (χ1v) is 13.5. The van der Waals surface area contributed by atoms with Crippen molar-refractivity contribution in [3.63, 3.8) is 0 Å². The highest BCUT2D eigenvalue weighted by atomic mass is 32.2. The summed E-state index contributed by atoms with van der Waals surface area (Å²) >= 11 is 1.83. The van der Waals surface area contributed by atoms with Crippen LogP contribution >= 0.6 is 11.8 Å². The molecule has 2 heterocycles. The highest BCUT2D eigenvalue weighted by Crippen LogP contribution is 2.35. The van der Waals surface area contributed by atoms with Gasteiger partial charge in [-0.2, -0.15) is 0 Å². The number of piperidine rings is 1. The standard InChI is InChI=1S/C26H36N2O3S/c29-24-16-15-22(25(30)27-24)28-18-21-20(26(28)31)13-9-14-23(21)32-17-8-4-2-1-3-5-10-19-11-6-7-12-19/h9,13-14,19,22H,1-8,10-12,15-18H2,(H,27,29,30). The minimum Gasteiger partial charge on any atom is -0.322 e.